The summed E-state index contributed by atoms with van der Waals surface area (Å²) in [7, 11) is 0. The summed E-state index contributed by atoms with van der Waals surface area (Å²) < 4.78 is 24.8. The van der Waals surface area contributed by atoms with Crippen molar-refractivity contribution in [3.63, 3.8) is 0 Å². The molecule has 0 saturated heterocycles. The first kappa shape index (κ1) is 28.0. The highest BCUT2D eigenvalue weighted by molar-refractivity contribution is 5.89. The van der Waals surface area contributed by atoms with Crippen LogP contribution in [-0.2, 0) is 38.8 Å². The fourth-order valence-corrected chi connectivity index (χ4v) is 4.09. The van der Waals surface area contributed by atoms with Gasteiger partial charge in [-0.15, -0.1) is 6.58 Å². The average Bonchev–Trinajstić information content (AvgIpc) is 3.00. The minimum atomic E-state index is -0.760. The van der Waals surface area contributed by atoms with Crippen LogP contribution < -0.4 is 0 Å². The van der Waals surface area contributed by atoms with Gasteiger partial charge in [0.2, 0.25) is 0 Å². The van der Waals surface area contributed by atoms with Gasteiger partial charge >= 0.3 is 5.97 Å². The summed E-state index contributed by atoms with van der Waals surface area (Å²) >= 11 is 0. The van der Waals surface area contributed by atoms with Gasteiger partial charge in [-0.3, -0.25) is 0 Å². The van der Waals surface area contributed by atoms with Gasteiger partial charge in [-0.2, -0.15) is 0 Å². The molecule has 0 unspecified atom stereocenters. The van der Waals surface area contributed by atoms with E-state index >= 15 is 0 Å². The number of hydrogen-bond acceptors (Lipinski definition) is 5. The lowest BCUT2D eigenvalue weighted by Crippen LogP contribution is -2.45. The molecule has 3 atom stereocenters. The predicted octanol–water partition coefficient (Wildman–Crippen LogP) is 6.79. The maximum absolute atomic E-state index is 13.2. The van der Waals surface area contributed by atoms with E-state index in [4.69, 9.17) is 18.9 Å². The summed E-state index contributed by atoms with van der Waals surface area (Å²) in [6.07, 6.45) is -0.305. The summed E-state index contributed by atoms with van der Waals surface area (Å²) in [6.45, 7) is 5.16. The van der Waals surface area contributed by atoms with Gasteiger partial charge in [0.1, 0.15) is 12.2 Å². The first-order valence-corrected chi connectivity index (χ1v) is 13.0. The standard InChI is InChI=1S/C34H34O5/c1-2-31(37-24-28-17-9-4-10-18-28)33(38-25-29-19-11-5-12-20-29)32(26-36-23-27-15-7-3-8-16-27)39-34(35)30-21-13-6-14-22-30/h2-22,31-33H,1,23-26H2/t31-,32-,33+/m1/s1. The summed E-state index contributed by atoms with van der Waals surface area (Å²) in [4.78, 5) is 13.2. The molecule has 0 aliphatic carbocycles. The van der Waals surface area contributed by atoms with Gasteiger partial charge in [-0.25, -0.2) is 4.79 Å². The highest BCUT2D eigenvalue weighted by Crippen LogP contribution is 2.20. The van der Waals surface area contributed by atoms with E-state index in [9.17, 15) is 4.79 Å². The monoisotopic (exact) mass is 522 g/mol. The van der Waals surface area contributed by atoms with Crippen molar-refractivity contribution in [2.45, 2.75) is 38.1 Å². The zero-order valence-electron chi connectivity index (χ0n) is 21.9. The van der Waals surface area contributed by atoms with E-state index in [1.807, 2.05) is 97.1 Å². The minimum absolute atomic E-state index is 0.117. The minimum Gasteiger partial charge on any atom is -0.453 e. The molecule has 4 aromatic carbocycles. The predicted molar refractivity (Wildman–Crippen MR) is 152 cm³/mol. The maximum atomic E-state index is 13.2. The molecule has 0 aliphatic rings. The van der Waals surface area contributed by atoms with Crippen molar-refractivity contribution >= 4 is 5.97 Å². The first-order valence-electron chi connectivity index (χ1n) is 13.0. The molecular weight excluding hydrogens is 488 g/mol. The number of rotatable bonds is 15. The van der Waals surface area contributed by atoms with Gasteiger partial charge in [-0.05, 0) is 28.8 Å². The normalized spacial score (nSPS) is 13.2. The van der Waals surface area contributed by atoms with E-state index in [-0.39, 0.29) is 6.61 Å². The number of carbonyl (C=O) groups excluding carboxylic acids is 1. The molecule has 0 radical (unpaired) electrons. The molecule has 4 aromatic rings. The highest BCUT2D eigenvalue weighted by Gasteiger charge is 2.33. The Balaban J connectivity index is 1.56. The van der Waals surface area contributed by atoms with Crippen LogP contribution in [-0.4, -0.2) is 30.9 Å². The van der Waals surface area contributed by atoms with E-state index in [2.05, 4.69) is 6.58 Å². The summed E-state index contributed by atoms with van der Waals surface area (Å²) in [5.41, 5.74) is 3.48. The van der Waals surface area contributed by atoms with E-state index < -0.39 is 24.3 Å². The topological polar surface area (TPSA) is 54.0 Å². The fourth-order valence-electron chi connectivity index (χ4n) is 4.09. The van der Waals surface area contributed by atoms with Crippen LogP contribution >= 0.6 is 0 Å². The van der Waals surface area contributed by atoms with E-state index in [1.165, 1.54) is 0 Å². The largest absolute Gasteiger partial charge is 0.453 e. The lowest BCUT2D eigenvalue weighted by Gasteiger charge is -2.32. The van der Waals surface area contributed by atoms with E-state index in [0.717, 1.165) is 16.7 Å². The third kappa shape index (κ3) is 9.04. The molecule has 5 heteroatoms. The van der Waals surface area contributed by atoms with Crippen molar-refractivity contribution in [3.05, 3.63) is 156 Å². The molecule has 0 N–H and O–H groups in total. The van der Waals surface area contributed by atoms with Crippen molar-refractivity contribution in [1.29, 1.82) is 0 Å². The van der Waals surface area contributed by atoms with E-state index in [1.54, 1.807) is 30.3 Å². The van der Waals surface area contributed by atoms with Crippen molar-refractivity contribution in [1.82, 2.24) is 0 Å². The average molecular weight is 523 g/mol. The SMILES string of the molecule is C=C[C@@H](OCc1ccccc1)[C@H](OCc1ccccc1)[C@@H](COCc1ccccc1)OC(=O)c1ccccc1. The molecule has 0 bridgehead atoms. The van der Waals surface area contributed by atoms with Gasteiger partial charge in [0.05, 0.1) is 32.0 Å². The second-order valence-electron chi connectivity index (χ2n) is 9.07. The maximum Gasteiger partial charge on any atom is 0.338 e. The Hall–Kier alpha value is -4.03. The Bertz CT molecular complexity index is 1250. The van der Waals surface area contributed by atoms with Crippen LogP contribution in [0.5, 0.6) is 0 Å². The van der Waals surface area contributed by atoms with Crippen molar-refractivity contribution in [2.24, 2.45) is 0 Å². The van der Waals surface area contributed by atoms with Crippen LogP contribution in [0, 0.1) is 0 Å². The van der Waals surface area contributed by atoms with Crippen molar-refractivity contribution < 1.29 is 23.7 Å². The first-order chi connectivity index (χ1) is 19.2. The molecule has 0 amide bonds. The van der Waals surface area contributed by atoms with Gasteiger partial charge in [-0.1, -0.05) is 115 Å². The molecule has 0 aromatic heterocycles. The Labute approximate surface area is 230 Å². The quantitative estimate of drug-likeness (QED) is 0.127. The van der Waals surface area contributed by atoms with Crippen LogP contribution in [0.2, 0.25) is 0 Å². The van der Waals surface area contributed by atoms with Crippen LogP contribution in [0.15, 0.2) is 134 Å². The number of ether oxygens (including phenoxy) is 4. The molecule has 0 heterocycles. The van der Waals surface area contributed by atoms with Gasteiger partial charge in [0.15, 0.2) is 6.10 Å². The second-order valence-corrected chi connectivity index (χ2v) is 9.07. The molecule has 4 rings (SSSR count). The molecule has 39 heavy (non-hydrogen) atoms. The third-order valence-corrected chi connectivity index (χ3v) is 6.15. The molecule has 5 nitrogen and oxygen atoms in total. The Kier molecular flexibility index (Phi) is 11.1. The smallest absolute Gasteiger partial charge is 0.338 e. The zero-order valence-corrected chi connectivity index (χ0v) is 21.9. The molecule has 200 valence electrons. The van der Waals surface area contributed by atoms with Gasteiger partial charge in [0, 0.05) is 0 Å². The van der Waals surface area contributed by atoms with Crippen LogP contribution in [0.25, 0.3) is 0 Å². The second kappa shape index (κ2) is 15.4. The lowest BCUT2D eigenvalue weighted by molar-refractivity contribution is -0.137. The van der Waals surface area contributed by atoms with Crippen LogP contribution in [0.1, 0.15) is 27.0 Å². The molecule has 0 fully saturated rings. The molecule has 0 spiro atoms. The molecule has 0 saturated carbocycles. The number of carbonyl (C=O) groups is 1. The Morgan fingerprint density at radius 1 is 0.641 bits per heavy atom. The number of benzene rings is 4. The molecule has 0 aliphatic heterocycles. The number of hydrogen-bond donors (Lipinski definition) is 0. The van der Waals surface area contributed by atoms with Crippen molar-refractivity contribution in [2.75, 3.05) is 6.61 Å². The highest BCUT2D eigenvalue weighted by atomic mass is 16.6. The summed E-state index contributed by atoms with van der Waals surface area (Å²) in [6, 6.07) is 38.5. The van der Waals surface area contributed by atoms with E-state index in [0.29, 0.717) is 25.4 Å². The third-order valence-electron chi connectivity index (χ3n) is 6.15. The van der Waals surface area contributed by atoms with Crippen LogP contribution in [0.4, 0.5) is 0 Å². The zero-order chi connectivity index (χ0) is 27.1. The van der Waals surface area contributed by atoms with Gasteiger partial charge < -0.3 is 18.9 Å². The Morgan fingerprint density at radius 3 is 1.62 bits per heavy atom. The van der Waals surface area contributed by atoms with Crippen LogP contribution in [0.3, 0.4) is 0 Å². The number of esters is 1. The Morgan fingerprint density at radius 2 is 1.10 bits per heavy atom. The summed E-state index contributed by atoms with van der Waals surface area (Å²) in [5.74, 6) is -0.455. The summed E-state index contributed by atoms with van der Waals surface area (Å²) in [5, 5.41) is 0. The molecular formula is C34H34O5. The lowest BCUT2D eigenvalue weighted by atomic mass is 10.1. The fraction of sp³-hybridized carbons (Fsp3) is 0.206. The van der Waals surface area contributed by atoms with Gasteiger partial charge in [0.25, 0.3) is 0 Å². The van der Waals surface area contributed by atoms with Crippen molar-refractivity contribution in [3.8, 4) is 0 Å².